The molecule has 5 nitrogen and oxygen atoms in total. The first-order valence-electron chi connectivity index (χ1n) is 9.66. The zero-order valence-electron chi connectivity index (χ0n) is 15.7. The van der Waals surface area contributed by atoms with Crippen molar-refractivity contribution in [2.24, 2.45) is 0 Å². The maximum atomic E-state index is 13.0. The molecule has 1 aromatic rings. The summed E-state index contributed by atoms with van der Waals surface area (Å²) in [4.78, 5) is 17.2. The molecule has 1 saturated carbocycles. The Kier molecular flexibility index (Phi) is 5.42. The van der Waals surface area contributed by atoms with Gasteiger partial charge in [-0.2, -0.15) is 5.26 Å². The van der Waals surface area contributed by atoms with E-state index in [1.165, 1.54) is 32.1 Å². The maximum absolute atomic E-state index is 13.0. The van der Waals surface area contributed by atoms with Gasteiger partial charge in [0.2, 0.25) is 5.91 Å². The van der Waals surface area contributed by atoms with Crippen molar-refractivity contribution in [1.82, 2.24) is 9.80 Å². The molecule has 0 radical (unpaired) electrons. The summed E-state index contributed by atoms with van der Waals surface area (Å²) < 4.78 is 5.32. The fraction of sp³-hybridized carbons (Fsp3) is 0.524. The highest BCUT2D eigenvalue weighted by Crippen LogP contribution is 2.43. The summed E-state index contributed by atoms with van der Waals surface area (Å²) in [5.41, 5.74) is 1.69. The number of hydrogen-bond acceptors (Lipinski definition) is 5. The van der Waals surface area contributed by atoms with Gasteiger partial charge in [0.25, 0.3) is 0 Å². The van der Waals surface area contributed by atoms with Gasteiger partial charge in [0.15, 0.2) is 0 Å². The van der Waals surface area contributed by atoms with Gasteiger partial charge in [-0.25, -0.2) is 0 Å². The highest BCUT2D eigenvalue weighted by molar-refractivity contribution is 8.03. The summed E-state index contributed by atoms with van der Waals surface area (Å²) in [6.07, 6.45) is 6.68. The van der Waals surface area contributed by atoms with Crippen LogP contribution < -0.4 is 4.74 Å². The van der Waals surface area contributed by atoms with Crippen molar-refractivity contribution >= 4 is 17.7 Å². The second-order valence-corrected chi connectivity index (χ2v) is 8.41. The Morgan fingerprint density at radius 2 is 2.07 bits per heavy atom. The monoisotopic (exact) mass is 383 g/mol. The first kappa shape index (κ1) is 18.4. The lowest BCUT2D eigenvalue weighted by molar-refractivity contribution is -0.132. The summed E-state index contributed by atoms with van der Waals surface area (Å²) in [7, 11) is 1.63. The van der Waals surface area contributed by atoms with Crippen LogP contribution in [0.4, 0.5) is 0 Å². The van der Waals surface area contributed by atoms with Gasteiger partial charge in [-0.3, -0.25) is 14.6 Å². The number of methoxy groups -OCH3 is 1. The van der Waals surface area contributed by atoms with E-state index in [1.54, 1.807) is 18.9 Å². The van der Waals surface area contributed by atoms with Gasteiger partial charge in [0, 0.05) is 18.4 Å². The lowest BCUT2D eigenvalue weighted by atomic mass is 9.86. The van der Waals surface area contributed by atoms with Crippen LogP contribution in [-0.4, -0.2) is 41.4 Å². The molecule has 3 aliphatic rings. The average molecular weight is 384 g/mol. The smallest absolute Gasteiger partial charge is 0.229 e. The normalized spacial score (nSPS) is 24.5. The highest BCUT2D eigenvalue weighted by atomic mass is 32.2. The number of nitrogens with zero attached hydrogens (tertiary/aromatic N) is 3. The number of rotatable bonds is 3. The number of carbonyl (C=O) groups is 1. The molecule has 1 aromatic carbocycles. The molecule has 27 heavy (non-hydrogen) atoms. The fourth-order valence-corrected chi connectivity index (χ4v) is 5.63. The second-order valence-electron chi connectivity index (χ2n) is 7.48. The van der Waals surface area contributed by atoms with Gasteiger partial charge in [-0.15, -0.1) is 0 Å². The molecule has 1 unspecified atom stereocenters. The van der Waals surface area contributed by atoms with Gasteiger partial charge < -0.3 is 4.74 Å². The second kappa shape index (κ2) is 7.95. The van der Waals surface area contributed by atoms with E-state index in [9.17, 15) is 10.1 Å². The van der Waals surface area contributed by atoms with E-state index < -0.39 is 0 Å². The number of allylic oxidation sites excluding steroid dienone is 1. The van der Waals surface area contributed by atoms with Crippen LogP contribution in [-0.2, 0) is 4.79 Å². The first-order chi connectivity index (χ1) is 13.2. The standard InChI is InChI=1S/C21H25N3O2S/c1-26-17-9-5-6-15(10-17)18-11-20(25)24-13-23(16-7-3-2-4-8-16)14-27-21(24)19(18)12-22/h5-6,9-10,16,18H,2-4,7-8,11,13-14H2,1H3. The third-order valence-electron chi connectivity index (χ3n) is 5.90. The first-order valence-corrected chi connectivity index (χ1v) is 10.6. The number of nitriles is 1. The van der Waals surface area contributed by atoms with Crippen molar-refractivity contribution in [3.05, 3.63) is 40.4 Å². The molecular formula is C21H25N3O2S. The van der Waals surface area contributed by atoms with E-state index in [-0.39, 0.29) is 11.8 Å². The molecule has 0 N–H and O–H groups in total. The lowest BCUT2D eigenvalue weighted by Crippen LogP contribution is -2.51. The van der Waals surface area contributed by atoms with Gasteiger partial charge in [0.1, 0.15) is 5.75 Å². The lowest BCUT2D eigenvalue weighted by Gasteiger charge is -2.44. The maximum Gasteiger partial charge on any atom is 0.229 e. The number of fused-ring (bicyclic) bond motifs is 1. The van der Waals surface area contributed by atoms with Crippen molar-refractivity contribution < 1.29 is 9.53 Å². The molecule has 142 valence electrons. The van der Waals surface area contributed by atoms with Crippen LogP contribution in [0.1, 0.15) is 50.0 Å². The van der Waals surface area contributed by atoms with Crippen LogP contribution in [0.15, 0.2) is 34.9 Å². The molecule has 6 heteroatoms. The molecule has 0 aromatic heterocycles. The number of amides is 1. The molecular weight excluding hydrogens is 358 g/mol. The highest BCUT2D eigenvalue weighted by Gasteiger charge is 2.39. The zero-order valence-corrected chi connectivity index (χ0v) is 16.5. The minimum atomic E-state index is -0.183. The van der Waals surface area contributed by atoms with E-state index in [4.69, 9.17) is 4.74 Å². The van der Waals surface area contributed by atoms with Crippen LogP contribution in [0.2, 0.25) is 0 Å². The van der Waals surface area contributed by atoms with Crippen LogP contribution in [0.3, 0.4) is 0 Å². The van der Waals surface area contributed by atoms with Crippen molar-refractivity contribution in [3.8, 4) is 11.8 Å². The summed E-state index contributed by atoms with van der Waals surface area (Å²) in [6.45, 7) is 0.627. The van der Waals surface area contributed by atoms with Crippen LogP contribution >= 0.6 is 11.8 Å². The SMILES string of the molecule is COc1cccc(C2CC(=O)N3CN(C4CCCCC4)CSC3=C2C#N)c1. The van der Waals surface area contributed by atoms with Gasteiger partial charge in [-0.1, -0.05) is 43.2 Å². The van der Waals surface area contributed by atoms with Crippen molar-refractivity contribution in [3.63, 3.8) is 0 Å². The summed E-state index contributed by atoms with van der Waals surface area (Å²) >= 11 is 1.65. The Balaban J connectivity index is 1.61. The molecule has 4 rings (SSSR count). The quantitative estimate of drug-likeness (QED) is 0.788. The molecule has 0 bridgehead atoms. The summed E-state index contributed by atoms with van der Waals surface area (Å²) in [5, 5.41) is 10.7. The predicted octanol–water partition coefficient (Wildman–Crippen LogP) is 4.04. The molecule has 1 atom stereocenters. The van der Waals surface area contributed by atoms with Crippen LogP contribution in [0.5, 0.6) is 5.75 Å². The average Bonchev–Trinajstić information content (AvgIpc) is 2.74. The minimum absolute atomic E-state index is 0.116. The van der Waals surface area contributed by atoms with E-state index in [1.807, 2.05) is 29.2 Å². The number of benzene rings is 1. The number of ether oxygens (including phenoxy) is 1. The minimum Gasteiger partial charge on any atom is -0.497 e. The number of carbonyl (C=O) groups excluding carboxylic acids is 1. The Hall–Kier alpha value is -1.97. The summed E-state index contributed by atoms with van der Waals surface area (Å²) in [5.74, 6) is 1.55. The zero-order chi connectivity index (χ0) is 18.8. The Labute approximate surface area is 165 Å². The van der Waals surface area contributed by atoms with Crippen molar-refractivity contribution in [1.29, 1.82) is 5.26 Å². The third kappa shape index (κ3) is 3.59. The molecule has 2 aliphatic heterocycles. The van der Waals surface area contributed by atoms with Crippen LogP contribution in [0, 0.1) is 11.3 Å². The summed E-state index contributed by atoms with van der Waals surface area (Å²) in [6, 6.07) is 10.7. The van der Waals surface area contributed by atoms with Crippen molar-refractivity contribution in [2.45, 2.75) is 50.5 Å². The van der Waals surface area contributed by atoms with Crippen LogP contribution in [0.25, 0.3) is 0 Å². The Morgan fingerprint density at radius 3 is 2.81 bits per heavy atom. The van der Waals surface area contributed by atoms with E-state index in [0.29, 0.717) is 19.1 Å². The third-order valence-corrected chi connectivity index (χ3v) is 7.08. The molecule has 2 fully saturated rings. The van der Waals surface area contributed by atoms with Crippen molar-refractivity contribution in [2.75, 3.05) is 19.7 Å². The number of hydrogen-bond donors (Lipinski definition) is 0. The topological polar surface area (TPSA) is 56.6 Å². The fourth-order valence-electron chi connectivity index (χ4n) is 4.40. The van der Waals surface area contributed by atoms with Gasteiger partial charge in [0.05, 0.1) is 36.3 Å². The largest absolute Gasteiger partial charge is 0.497 e. The Morgan fingerprint density at radius 1 is 1.26 bits per heavy atom. The molecule has 0 spiro atoms. The molecule has 1 aliphatic carbocycles. The van der Waals surface area contributed by atoms with Gasteiger partial charge in [-0.05, 0) is 30.5 Å². The van der Waals surface area contributed by atoms with E-state index >= 15 is 0 Å². The molecule has 2 heterocycles. The van der Waals surface area contributed by atoms with E-state index in [0.717, 1.165) is 27.8 Å². The molecule has 1 amide bonds. The van der Waals surface area contributed by atoms with Gasteiger partial charge >= 0.3 is 0 Å². The Bertz CT molecular complexity index is 795. The predicted molar refractivity (Wildman–Crippen MR) is 106 cm³/mol. The molecule has 1 saturated heterocycles. The van der Waals surface area contributed by atoms with E-state index in [2.05, 4.69) is 11.0 Å². The number of thioether (sulfide) groups is 1.